The summed E-state index contributed by atoms with van der Waals surface area (Å²) >= 11 is 5.88. The van der Waals surface area contributed by atoms with E-state index in [1.54, 1.807) is 43.0 Å². The summed E-state index contributed by atoms with van der Waals surface area (Å²) in [6.07, 6.45) is -0.409. The molecule has 3 N–H and O–H groups in total. The number of amides is 2. The van der Waals surface area contributed by atoms with E-state index < -0.39 is 17.7 Å². The molecule has 1 aromatic rings. The Morgan fingerprint density at radius 3 is 2.21 bits per heavy atom. The number of nitrogens with zero attached hydrogens (tertiary/aromatic N) is 1. The summed E-state index contributed by atoms with van der Waals surface area (Å²) in [5.41, 5.74) is -0.211. The van der Waals surface area contributed by atoms with Crippen LogP contribution in [0.2, 0.25) is 5.02 Å². The van der Waals surface area contributed by atoms with E-state index in [0.29, 0.717) is 31.0 Å². The number of benzene rings is 1. The lowest BCUT2D eigenvalue weighted by Gasteiger charge is -2.40. The second-order valence-corrected chi connectivity index (χ2v) is 6.97. The molecule has 0 aliphatic carbocycles. The van der Waals surface area contributed by atoms with Crippen LogP contribution in [0, 0.1) is 5.92 Å². The van der Waals surface area contributed by atoms with Gasteiger partial charge in [0.15, 0.2) is 0 Å². The number of nitrogens with one attached hydrogen (secondary N) is 1. The van der Waals surface area contributed by atoms with Crippen molar-refractivity contribution < 1.29 is 19.8 Å². The largest absolute Gasteiger partial charge is 0.465 e. The van der Waals surface area contributed by atoms with E-state index >= 15 is 0 Å². The maximum atomic E-state index is 12.6. The minimum atomic E-state index is -1.21. The SMILES string of the molecule is CC(C)C(NC(=O)O)C(=O)N1CCC(O)(c2ccc(Cl)cc2)CC1. The van der Waals surface area contributed by atoms with Crippen LogP contribution in [0.25, 0.3) is 0 Å². The third-order valence-corrected chi connectivity index (χ3v) is 4.75. The first-order valence-corrected chi connectivity index (χ1v) is 8.37. The van der Waals surface area contributed by atoms with E-state index in [9.17, 15) is 14.7 Å². The zero-order valence-electron chi connectivity index (χ0n) is 13.8. The van der Waals surface area contributed by atoms with Crippen molar-refractivity contribution in [3.05, 3.63) is 34.9 Å². The summed E-state index contributed by atoms with van der Waals surface area (Å²) in [7, 11) is 0. The molecule has 132 valence electrons. The number of hydrogen-bond donors (Lipinski definition) is 3. The minimum absolute atomic E-state index is 0.148. The van der Waals surface area contributed by atoms with Gasteiger partial charge in [0.25, 0.3) is 0 Å². The minimum Gasteiger partial charge on any atom is -0.465 e. The van der Waals surface area contributed by atoms with Gasteiger partial charge in [-0.05, 0) is 36.5 Å². The van der Waals surface area contributed by atoms with Gasteiger partial charge >= 0.3 is 6.09 Å². The molecule has 6 nitrogen and oxygen atoms in total. The average Bonchev–Trinajstić information content (AvgIpc) is 2.53. The number of carbonyl (C=O) groups excluding carboxylic acids is 1. The number of hydrogen-bond acceptors (Lipinski definition) is 3. The molecule has 2 rings (SSSR count). The summed E-state index contributed by atoms with van der Waals surface area (Å²) in [6.45, 7) is 4.35. The Morgan fingerprint density at radius 1 is 1.21 bits per heavy atom. The standard InChI is InChI=1S/C17H23ClN2O4/c1-11(2)14(19-16(22)23)15(21)20-9-7-17(24,8-10-20)12-3-5-13(18)6-4-12/h3-6,11,14,19,24H,7-10H2,1-2H3,(H,22,23). The van der Waals surface area contributed by atoms with Crippen LogP contribution in [0.15, 0.2) is 24.3 Å². The van der Waals surface area contributed by atoms with Gasteiger partial charge in [-0.2, -0.15) is 0 Å². The molecule has 24 heavy (non-hydrogen) atoms. The normalized spacial score (nSPS) is 18.3. The van der Waals surface area contributed by atoms with Crippen molar-refractivity contribution in [3.63, 3.8) is 0 Å². The molecule has 1 aliphatic rings. The van der Waals surface area contributed by atoms with Crippen molar-refractivity contribution in [2.45, 2.75) is 38.3 Å². The second kappa shape index (κ2) is 7.40. The van der Waals surface area contributed by atoms with Crippen molar-refractivity contribution in [2.24, 2.45) is 5.92 Å². The van der Waals surface area contributed by atoms with Crippen LogP contribution >= 0.6 is 11.6 Å². The van der Waals surface area contributed by atoms with E-state index in [1.165, 1.54) is 0 Å². The Labute approximate surface area is 146 Å². The van der Waals surface area contributed by atoms with Gasteiger partial charge in [-0.3, -0.25) is 4.79 Å². The quantitative estimate of drug-likeness (QED) is 0.774. The fourth-order valence-corrected chi connectivity index (χ4v) is 3.12. The van der Waals surface area contributed by atoms with Gasteiger partial charge in [-0.1, -0.05) is 37.6 Å². The highest BCUT2D eigenvalue weighted by Gasteiger charge is 2.37. The molecule has 1 fully saturated rings. The molecule has 0 aromatic heterocycles. The van der Waals surface area contributed by atoms with Gasteiger partial charge in [0.05, 0.1) is 5.60 Å². The van der Waals surface area contributed by atoms with Crippen molar-refractivity contribution in [1.29, 1.82) is 0 Å². The molecule has 0 spiro atoms. The Morgan fingerprint density at radius 2 is 1.75 bits per heavy atom. The molecule has 7 heteroatoms. The molecular formula is C17H23ClN2O4. The lowest BCUT2D eigenvalue weighted by Crippen LogP contribution is -2.54. The fraction of sp³-hybridized carbons (Fsp3) is 0.529. The molecule has 1 aliphatic heterocycles. The van der Waals surface area contributed by atoms with Gasteiger partial charge in [-0.15, -0.1) is 0 Å². The fourth-order valence-electron chi connectivity index (χ4n) is 2.99. The highest BCUT2D eigenvalue weighted by molar-refractivity contribution is 6.30. The summed E-state index contributed by atoms with van der Waals surface area (Å²) in [4.78, 5) is 25.1. The Kier molecular flexibility index (Phi) is 5.72. The smallest absolute Gasteiger partial charge is 0.405 e. The third-order valence-electron chi connectivity index (χ3n) is 4.50. The molecule has 1 saturated heterocycles. The van der Waals surface area contributed by atoms with E-state index in [0.717, 1.165) is 5.56 Å². The maximum Gasteiger partial charge on any atom is 0.405 e. The van der Waals surface area contributed by atoms with Gasteiger partial charge in [-0.25, -0.2) is 4.79 Å². The Hall–Kier alpha value is -1.79. The first kappa shape index (κ1) is 18.5. The van der Waals surface area contributed by atoms with E-state index in [4.69, 9.17) is 16.7 Å². The molecule has 1 unspecified atom stereocenters. The lowest BCUT2D eigenvalue weighted by atomic mass is 9.84. The van der Waals surface area contributed by atoms with Crippen molar-refractivity contribution >= 4 is 23.6 Å². The van der Waals surface area contributed by atoms with Gasteiger partial charge in [0.1, 0.15) is 6.04 Å². The topological polar surface area (TPSA) is 89.9 Å². The molecule has 0 radical (unpaired) electrons. The molecule has 2 amide bonds. The van der Waals surface area contributed by atoms with E-state index in [2.05, 4.69) is 5.32 Å². The number of rotatable bonds is 4. The maximum absolute atomic E-state index is 12.6. The molecule has 0 saturated carbocycles. The highest BCUT2D eigenvalue weighted by atomic mass is 35.5. The Bertz CT molecular complexity index is 595. The number of piperidine rings is 1. The highest BCUT2D eigenvalue weighted by Crippen LogP contribution is 2.33. The van der Waals surface area contributed by atoms with Crippen LogP contribution in [0.5, 0.6) is 0 Å². The van der Waals surface area contributed by atoms with Gasteiger partial charge in [0, 0.05) is 18.1 Å². The summed E-state index contributed by atoms with van der Waals surface area (Å²) in [6, 6.07) is 6.28. The summed E-state index contributed by atoms with van der Waals surface area (Å²) < 4.78 is 0. The van der Waals surface area contributed by atoms with Crippen molar-refractivity contribution in [1.82, 2.24) is 10.2 Å². The van der Waals surface area contributed by atoms with Crippen LogP contribution in [-0.4, -0.2) is 46.2 Å². The number of carboxylic acid groups (broad SMARTS) is 1. The molecule has 1 heterocycles. The van der Waals surface area contributed by atoms with Crippen LogP contribution < -0.4 is 5.32 Å². The molecule has 0 bridgehead atoms. The zero-order valence-corrected chi connectivity index (χ0v) is 14.6. The summed E-state index contributed by atoms with van der Waals surface area (Å²) in [5.74, 6) is -0.392. The average molecular weight is 355 g/mol. The number of carbonyl (C=O) groups is 2. The lowest BCUT2D eigenvalue weighted by molar-refractivity contribution is -0.139. The summed E-state index contributed by atoms with van der Waals surface area (Å²) in [5, 5.41) is 22.6. The number of likely N-dealkylation sites (tertiary alicyclic amines) is 1. The second-order valence-electron chi connectivity index (χ2n) is 6.53. The van der Waals surface area contributed by atoms with Crippen molar-refractivity contribution in [3.8, 4) is 0 Å². The first-order valence-electron chi connectivity index (χ1n) is 7.99. The molecular weight excluding hydrogens is 332 g/mol. The van der Waals surface area contributed by atoms with Gasteiger partial charge in [0.2, 0.25) is 5.91 Å². The predicted octanol–water partition coefficient (Wildman–Crippen LogP) is 2.44. The third kappa shape index (κ3) is 4.19. The van der Waals surface area contributed by atoms with Crippen LogP contribution in [0.3, 0.4) is 0 Å². The monoisotopic (exact) mass is 354 g/mol. The van der Waals surface area contributed by atoms with Crippen LogP contribution in [0.1, 0.15) is 32.3 Å². The zero-order chi connectivity index (χ0) is 17.9. The predicted molar refractivity (Wildman–Crippen MR) is 90.9 cm³/mol. The number of aliphatic hydroxyl groups is 1. The van der Waals surface area contributed by atoms with Gasteiger partial charge < -0.3 is 20.4 Å². The van der Waals surface area contributed by atoms with Crippen LogP contribution in [-0.2, 0) is 10.4 Å². The molecule has 1 aromatic carbocycles. The Balaban J connectivity index is 2.04. The first-order chi connectivity index (χ1) is 11.2. The molecule has 1 atom stereocenters. The van der Waals surface area contributed by atoms with E-state index in [1.807, 2.05) is 0 Å². The van der Waals surface area contributed by atoms with E-state index in [-0.39, 0.29) is 11.8 Å². The number of halogens is 1. The van der Waals surface area contributed by atoms with Crippen LogP contribution in [0.4, 0.5) is 4.79 Å². The van der Waals surface area contributed by atoms with Crippen molar-refractivity contribution in [2.75, 3.05) is 13.1 Å².